The molecule has 0 saturated carbocycles. The number of rotatable bonds is 8. The maximum absolute atomic E-state index is 14.0. The number of carbonyl (C=O) groups is 2. The van der Waals surface area contributed by atoms with Crippen molar-refractivity contribution in [2.45, 2.75) is 27.4 Å². The van der Waals surface area contributed by atoms with E-state index in [0.717, 1.165) is 20.3 Å². The average Bonchev–Trinajstić information content (AvgIpc) is 2.99. The molecule has 0 atom stereocenters. The van der Waals surface area contributed by atoms with Gasteiger partial charge in [0.25, 0.3) is 11.8 Å². The predicted octanol–water partition coefficient (Wildman–Crippen LogP) is 8.94. The van der Waals surface area contributed by atoms with Crippen molar-refractivity contribution >= 4 is 92.4 Å². The highest BCUT2D eigenvalue weighted by Crippen LogP contribution is 2.37. The van der Waals surface area contributed by atoms with Gasteiger partial charge >= 0.3 is 0 Å². The summed E-state index contributed by atoms with van der Waals surface area (Å²) >= 11 is 20.2. The minimum atomic E-state index is -0.515. The molecule has 0 radical (unpaired) electrons. The van der Waals surface area contributed by atoms with E-state index in [-0.39, 0.29) is 17.3 Å². The standard InChI is InChI=1S/C34H27Cl2IN2O4S/c1-4-42-30-18-23(17-29(37)31(30)43-19-22-11-13-27(35)28(36)16-22)15-26-32(40)38(24-8-6-5-7-9-24)34(44)39(33(26)41)25-12-10-20(2)21(3)14-25/h5-18H,4,19H2,1-3H3/b26-15+. The van der Waals surface area contributed by atoms with Gasteiger partial charge in [-0.2, -0.15) is 0 Å². The Balaban J connectivity index is 1.56. The van der Waals surface area contributed by atoms with Crippen molar-refractivity contribution in [3.05, 3.63) is 120 Å². The van der Waals surface area contributed by atoms with Crippen LogP contribution in [0.3, 0.4) is 0 Å². The largest absolute Gasteiger partial charge is 0.490 e. The van der Waals surface area contributed by atoms with E-state index >= 15 is 0 Å². The quantitative estimate of drug-likeness (QED) is 0.0778. The molecule has 0 bridgehead atoms. The zero-order valence-corrected chi connectivity index (χ0v) is 28.6. The second-order valence-electron chi connectivity index (χ2n) is 10.0. The summed E-state index contributed by atoms with van der Waals surface area (Å²) in [5, 5.41) is 0.990. The van der Waals surface area contributed by atoms with Gasteiger partial charge in [0.2, 0.25) is 0 Å². The number of hydrogen-bond acceptors (Lipinski definition) is 5. The molecule has 4 aromatic rings. The number of thiocarbonyl (C=S) groups is 1. The highest BCUT2D eigenvalue weighted by Gasteiger charge is 2.41. The van der Waals surface area contributed by atoms with Crippen LogP contribution in [0, 0.1) is 17.4 Å². The molecule has 4 aromatic carbocycles. The van der Waals surface area contributed by atoms with Gasteiger partial charge in [0, 0.05) is 0 Å². The number of carbonyl (C=O) groups excluding carboxylic acids is 2. The molecule has 0 unspecified atom stereocenters. The maximum Gasteiger partial charge on any atom is 0.270 e. The lowest BCUT2D eigenvalue weighted by molar-refractivity contribution is -0.120. The summed E-state index contributed by atoms with van der Waals surface area (Å²) in [7, 11) is 0. The number of ether oxygens (including phenoxy) is 2. The summed E-state index contributed by atoms with van der Waals surface area (Å²) in [5.41, 5.74) is 4.62. The van der Waals surface area contributed by atoms with E-state index in [2.05, 4.69) is 22.6 Å². The van der Waals surface area contributed by atoms with Crippen LogP contribution in [0.2, 0.25) is 10.0 Å². The van der Waals surface area contributed by atoms with Crippen LogP contribution >= 0.6 is 58.0 Å². The van der Waals surface area contributed by atoms with Crippen molar-refractivity contribution in [3.8, 4) is 11.5 Å². The van der Waals surface area contributed by atoms with Gasteiger partial charge in [0.15, 0.2) is 16.6 Å². The molecule has 1 heterocycles. The Morgan fingerprint density at radius 1 is 0.818 bits per heavy atom. The van der Waals surface area contributed by atoms with Crippen LogP contribution in [0.15, 0.2) is 84.4 Å². The van der Waals surface area contributed by atoms with Crippen molar-refractivity contribution in [1.29, 1.82) is 0 Å². The van der Waals surface area contributed by atoms with E-state index in [1.165, 1.54) is 9.80 Å². The average molecular weight is 757 g/mol. The van der Waals surface area contributed by atoms with Gasteiger partial charge in [-0.25, -0.2) is 0 Å². The Morgan fingerprint density at radius 2 is 1.52 bits per heavy atom. The SMILES string of the molecule is CCOc1cc(/C=C2\C(=O)N(c3ccccc3)C(=S)N(c3ccc(C)c(C)c3)C2=O)cc(I)c1OCc1ccc(Cl)c(Cl)c1. The normalized spacial score (nSPS) is 14.4. The van der Waals surface area contributed by atoms with E-state index < -0.39 is 11.8 Å². The highest BCUT2D eigenvalue weighted by atomic mass is 127. The van der Waals surface area contributed by atoms with Crippen molar-refractivity contribution in [2.24, 2.45) is 0 Å². The summed E-state index contributed by atoms with van der Waals surface area (Å²) in [6.45, 7) is 6.45. The van der Waals surface area contributed by atoms with Crippen LogP contribution in [-0.4, -0.2) is 23.5 Å². The minimum absolute atomic E-state index is 0.0385. The third-order valence-electron chi connectivity index (χ3n) is 7.02. The van der Waals surface area contributed by atoms with E-state index in [9.17, 15) is 9.59 Å². The fourth-order valence-electron chi connectivity index (χ4n) is 4.65. The third-order valence-corrected chi connectivity index (χ3v) is 8.93. The molecule has 2 amide bonds. The van der Waals surface area contributed by atoms with Crippen LogP contribution in [0.25, 0.3) is 6.08 Å². The highest BCUT2D eigenvalue weighted by molar-refractivity contribution is 14.1. The van der Waals surface area contributed by atoms with Crippen molar-refractivity contribution in [1.82, 2.24) is 0 Å². The first-order valence-electron chi connectivity index (χ1n) is 13.7. The molecule has 0 aliphatic carbocycles. The lowest BCUT2D eigenvalue weighted by Gasteiger charge is -2.36. The second kappa shape index (κ2) is 13.7. The molecule has 1 fully saturated rings. The van der Waals surface area contributed by atoms with E-state index in [0.29, 0.717) is 45.1 Å². The van der Waals surface area contributed by atoms with Crippen LogP contribution < -0.4 is 19.3 Å². The molecular weight excluding hydrogens is 730 g/mol. The van der Waals surface area contributed by atoms with Gasteiger partial charge in [-0.15, -0.1) is 0 Å². The van der Waals surface area contributed by atoms with Gasteiger partial charge in [-0.1, -0.05) is 53.5 Å². The van der Waals surface area contributed by atoms with Crippen LogP contribution in [-0.2, 0) is 16.2 Å². The lowest BCUT2D eigenvalue weighted by atomic mass is 10.0. The zero-order valence-electron chi connectivity index (χ0n) is 24.1. The molecule has 44 heavy (non-hydrogen) atoms. The summed E-state index contributed by atoms with van der Waals surface area (Å²) in [5.74, 6) is -0.0168. The summed E-state index contributed by atoms with van der Waals surface area (Å²) < 4.78 is 12.8. The Hall–Kier alpha value is -3.44. The molecule has 6 nitrogen and oxygen atoms in total. The van der Waals surface area contributed by atoms with Gasteiger partial charge in [0.05, 0.1) is 31.6 Å². The Morgan fingerprint density at radius 3 is 2.18 bits per heavy atom. The van der Waals surface area contributed by atoms with Crippen LogP contribution in [0.1, 0.15) is 29.2 Å². The van der Waals surface area contributed by atoms with Crippen molar-refractivity contribution in [2.75, 3.05) is 16.4 Å². The molecule has 5 rings (SSSR count). The molecule has 0 spiro atoms. The number of halogens is 3. The van der Waals surface area contributed by atoms with Crippen molar-refractivity contribution < 1.29 is 19.1 Å². The first-order valence-corrected chi connectivity index (χ1v) is 15.9. The number of anilines is 2. The number of nitrogens with zero attached hydrogens (tertiary/aromatic N) is 2. The predicted molar refractivity (Wildman–Crippen MR) is 189 cm³/mol. The molecular formula is C34H27Cl2IN2O4S. The molecule has 1 aliphatic heterocycles. The smallest absolute Gasteiger partial charge is 0.270 e. The molecule has 1 aliphatic rings. The fraction of sp³-hybridized carbons (Fsp3) is 0.147. The maximum atomic E-state index is 14.0. The summed E-state index contributed by atoms with van der Waals surface area (Å²) in [6.07, 6.45) is 1.57. The number of para-hydroxylation sites is 1. The van der Waals surface area contributed by atoms with Gasteiger partial charge < -0.3 is 9.47 Å². The zero-order chi connectivity index (χ0) is 31.5. The van der Waals surface area contributed by atoms with Gasteiger partial charge in [-0.05, 0) is 132 Å². The number of benzene rings is 4. The van der Waals surface area contributed by atoms with Gasteiger partial charge in [-0.3, -0.25) is 19.4 Å². The topological polar surface area (TPSA) is 59.1 Å². The van der Waals surface area contributed by atoms with E-state index in [1.54, 1.807) is 36.4 Å². The monoisotopic (exact) mass is 756 g/mol. The summed E-state index contributed by atoms with van der Waals surface area (Å²) in [4.78, 5) is 30.8. The minimum Gasteiger partial charge on any atom is -0.490 e. The number of aryl methyl sites for hydroxylation is 2. The molecule has 0 N–H and O–H groups in total. The van der Waals surface area contributed by atoms with E-state index in [4.69, 9.17) is 44.9 Å². The van der Waals surface area contributed by atoms with Crippen molar-refractivity contribution in [3.63, 3.8) is 0 Å². The molecule has 0 aromatic heterocycles. The first-order chi connectivity index (χ1) is 21.1. The molecule has 224 valence electrons. The Kier molecular flexibility index (Phi) is 9.94. The first kappa shape index (κ1) is 32.0. The number of amides is 2. The van der Waals surface area contributed by atoms with Gasteiger partial charge in [0.1, 0.15) is 12.2 Å². The third kappa shape index (κ3) is 6.63. The molecule has 10 heteroatoms. The van der Waals surface area contributed by atoms with Crippen LogP contribution in [0.4, 0.5) is 11.4 Å². The second-order valence-corrected chi connectivity index (χ2v) is 12.4. The number of hydrogen-bond donors (Lipinski definition) is 0. The fourth-order valence-corrected chi connectivity index (χ4v) is 6.13. The lowest BCUT2D eigenvalue weighted by Crippen LogP contribution is -2.57. The summed E-state index contributed by atoms with van der Waals surface area (Å²) in [6, 6.07) is 23.6. The van der Waals surface area contributed by atoms with E-state index in [1.807, 2.05) is 69.3 Å². The van der Waals surface area contributed by atoms with Crippen LogP contribution in [0.5, 0.6) is 11.5 Å². The Labute approximate surface area is 285 Å². The molecule has 1 saturated heterocycles. The Bertz CT molecular complexity index is 1810.